The molecule has 0 unspecified atom stereocenters. The standard InChI is InChI=1S/C18H12FN3/c1-12-15(17-6-5-14(19)9-13(17)10-20)3-2-4-16(12)18-7-8-21-11-22-18/h2-9,11H,1H3. The van der Waals surface area contributed by atoms with Gasteiger partial charge in [0.15, 0.2) is 0 Å². The summed E-state index contributed by atoms with van der Waals surface area (Å²) in [5.74, 6) is -0.412. The Bertz CT molecular complexity index is 867. The average Bonchev–Trinajstić information content (AvgIpc) is 2.56. The lowest BCUT2D eigenvalue weighted by molar-refractivity contribution is 0.627. The van der Waals surface area contributed by atoms with Crippen molar-refractivity contribution in [3.05, 3.63) is 71.9 Å². The molecule has 0 saturated heterocycles. The fraction of sp³-hybridized carbons (Fsp3) is 0.0556. The van der Waals surface area contributed by atoms with Crippen LogP contribution in [-0.2, 0) is 0 Å². The van der Waals surface area contributed by atoms with Crippen LogP contribution in [0.1, 0.15) is 11.1 Å². The minimum absolute atomic E-state index is 0.322. The summed E-state index contributed by atoms with van der Waals surface area (Å²) in [6.07, 6.45) is 3.19. The van der Waals surface area contributed by atoms with Gasteiger partial charge in [0.25, 0.3) is 0 Å². The zero-order valence-corrected chi connectivity index (χ0v) is 11.9. The molecule has 0 radical (unpaired) electrons. The second-order valence-corrected chi connectivity index (χ2v) is 4.87. The highest BCUT2D eigenvalue weighted by Crippen LogP contribution is 2.32. The van der Waals surface area contributed by atoms with Crippen LogP contribution in [0.5, 0.6) is 0 Å². The molecule has 3 nitrogen and oxygen atoms in total. The molecule has 0 aliphatic rings. The first kappa shape index (κ1) is 13.9. The number of benzene rings is 2. The minimum Gasteiger partial charge on any atom is -0.245 e. The van der Waals surface area contributed by atoms with Crippen molar-refractivity contribution in [2.24, 2.45) is 0 Å². The van der Waals surface area contributed by atoms with Gasteiger partial charge < -0.3 is 0 Å². The quantitative estimate of drug-likeness (QED) is 0.712. The maximum absolute atomic E-state index is 13.3. The van der Waals surface area contributed by atoms with Crippen molar-refractivity contribution in [3.8, 4) is 28.5 Å². The van der Waals surface area contributed by atoms with E-state index in [4.69, 9.17) is 0 Å². The van der Waals surface area contributed by atoms with Gasteiger partial charge in [0, 0.05) is 11.8 Å². The Labute approximate surface area is 127 Å². The molecule has 3 rings (SSSR count). The van der Waals surface area contributed by atoms with Crippen molar-refractivity contribution in [2.75, 3.05) is 0 Å². The third-order valence-corrected chi connectivity index (χ3v) is 3.58. The first-order chi connectivity index (χ1) is 10.7. The van der Waals surface area contributed by atoms with E-state index in [1.165, 1.54) is 18.5 Å². The zero-order valence-electron chi connectivity index (χ0n) is 11.9. The Kier molecular flexibility index (Phi) is 3.63. The lowest BCUT2D eigenvalue weighted by Crippen LogP contribution is -1.93. The van der Waals surface area contributed by atoms with Gasteiger partial charge in [0.05, 0.1) is 17.3 Å². The van der Waals surface area contributed by atoms with Crippen LogP contribution in [0.2, 0.25) is 0 Å². The van der Waals surface area contributed by atoms with Crippen molar-refractivity contribution in [1.29, 1.82) is 5.26 Å². The molecule has 2 aromatic carbocycles. The van der Waals surface area contributed by atoms with Gasteiger partial charge in [-0.05, 0) is 41.8 Å². The van der Waals surface area contributed by atoms with E-state index < -0.39 is 5.82 Å². The van der Waals surface area contributed by atoms with Crippen molar-refractivity contribution in [2.45, 2.75) is 6.92 Å². The number of nitrogens with zero attached hydrogens (tertiary/aromatic N) is 3. The lowest BCUT2D eigenvalue weighted by atomic mass is 9.92. The van der Waals surface area contributed by atoms with Gasteiger partial charge in [-0.25, -0.2) is 14.4 Å². The van der Waals surface area contributed by atoms with Gasteiger partial charge in [-0.2, -0.15) is 5.26 Å². The van der Waals surface area contributed by atoms with Crippen LogP contribution in [0.3, 0.4) is 0 Å². The molecule has 3 aromatic rings. The van der Waals surface area contributed by atoms with E-state index >= 15 is 0 Å². The van der Waals surface area contributed by atoms with E-state index in [9.17, 15) is 9.65 Å². The average molecular weight is 289 g/mol. The first-order valence-electron chi connectivity index (χ1n) is 6.76. The number of hydrogen-bond acceptors (Lipinski definition) is 3. The number of rotatable bonds is 2. The minimum atomic E-state index is -0.412. The summed E-state index contributed by atoms with van der Waals surface area (Å²) < 4.78 is 13.3. The largest absolute Gasteiger partial charge is 0.245 e. The van der Waals surface area contributed by atoms with Crippen LogP contribution < -0.4 is 0 Å². The van der Waals surface area contributed by atoms with Crippen LogP contribution in [0, 0.1) is 24.1 Å². The van der Waals surface area contributed by atoms with E-state index in [-0.39, 0.29) is 0 Å². The SMILES string of the molecule is Cc1c(-c2ccncn2)cccc1-c1ccc(F)cc1C#N. The second-order valence-electron chi connectivity index (χ2n) is 4.87. The Morgan fingerprint density at radius 1 is 1.05 bits per heavy atom. The predicted octanol–water partition coefficient (Wildman–Crippen LogP) is 4.13. The Hall–Kier alpha value is -3.06. The van der Waals surface area contributed by atoms with Crippen LogP contribution in [-0.4, -0.2) is 9.97 Å². The van der Waals surface area contributed by atoms with E-state index in [0.717, 1.165) is 27.9 Å². The lowest BCUT2D eigenvalue weighted by Gasteiger charge is -2.12. The van der Waals surface area contributed by atoms with E-state index in [1.54, 1.807) is 12.3 Å². The molecule has 0 amide bonds. The molecule has 4 heteroatoms. The molecule has 106 valence electrons. The molecule has 1 aromatic heterocycles. The summed E-state index contributed by atoms with van der Waals surface area (Å²) in [6.45, 7) is 1.97. The maximum Gasteiger partial charge on any atom is 0.124 e. The third kappa shape index (κ3) is 2.45. The summed E-state index contributed by atoms with van der Waals surface area (Å²) >= 11 is 0. The summed E-state index contributed by atoms with van der Waals surface area (Å²) in [5.41, 5.74) is 4.71. The summed E-state index contributed by atoms with van der Waals surface area (Å²) in [7, 11) is 0. The van der Waals surface area contributed by atoms with Crippen molar-refractivity contribution >= 4 is 0 Å². The molecule has 1 heterocycles. The molecule has 22 heavy (non-hydrogen) atoms. The fourth-order valence-electron chi connectivity index (χ4n) is 2.50. The normalized spacial score (nSPS) is 10.2. The molecule has 0 N–H and O–H groups in total. The van der Waals surface area contributed by atoms with E-state index in [2.05, 4.69) is 16.0 Å². The van der Waals surface area contributed by atoms with Crippen molar-refractivity contribution in [3.63, 3.8) is 0 Å². The summed E-state index contributed by atoms with van der Waals surface area (Å²) in [4.78, 5) is 8.19. The van der Waals surface area contributed by atoms with E-state index in [0.29, 0.717) is 5.56 Å². The first-order valence-corrected chi connectivity index (χ1v) is 6.76. The summed E-state index contributed by atoms with van der Waals surface area (Å²) in [6, 6.07) is 14.0. The maximum atomic E-state index is 13.3. The van der Waals surface area contributed by atoms with Gasteiger partial charge in [-0.15, -0.1) is 0 Å². The number of aromatic nitrogens is 2. The molecule has 0 atom stereocenters. The smallest absolute Gasteiger partial charge is 0.124 e. The van der Waals surface area contributed by atoms with Gasteiger partial charge in [-0.3, -0.25) is 0 Å². The van der Waals surface area contributed by atoms with Crippen LogP contribution in [0.25, 0.3) is 22.4 Å². The number of nitriles is 1. The molecule has 0 bridgehead atoms. The molecule has 0 aliphatic heterocycles. The third-order valence-electron chi connectivity index (χ3n) is 3.58. The van der Waals surface area contributed by atoms with Crippen LogP contribution in [0.4, 0.5) is 4.39 Å². The molecule has 0 spiro atoms. The van der Waals surface area contributed by atoms with Gasteiger partial charge >= 0.3 is 0 Å². The van der Waals surface area contributed by atoms with Gasteiger partial charge in [0.2, 0.25) is 0 Å². The Balaban J connectivity index is 2.20. The molecule has 0 fully saturated rings. The number of hydrogen-bond donors (Lipinski definition) is 0. The van der Waals surface area contributed by atoms with Gasteiger partial charge in [-0.1, -0.05) is 24.3 Å². The van der Waals surface area contributed by atoms with Gasteiger partial charge in [0.1, 0.15) is 12.1 Å². The highest BCUT2D eigenvalue weighted by molar-refractivity contribution is 5.79. The second kappa shape index (κ2) is 5.74. The molecular formula is C18H12FN3. The molecular weight excluding hydrogens is 277 g/mol. The Morgan fingerprint density at radius 3 is 2.59 bits per heavy atom. The van der Waals surface area contributed by atoms with Crippen LogP contribution in [0.15, 0.2) is 55.0 Å². The highest BCUT2D eigenvalue weighted by Gasteiger charge is 2.12. The summed E-state index contributed by atoms with van der Waals surface area (Å²) in [5, 5.41) is 9.24. The monoisotopic (exact) mass is 289 g/mol. The number of halogens is 1. The Morgan fingerprint density at radius 2 is 1.86 bits per heavy atom. The van der Waals surface area contributed by atoms with Crippen molar-refractivity contribution < 1.29 is 4.39 Å². The van der Waals surface area contributed by atoms with Crippen LogP contribution >= 0.6 is 0 Å². The van der Waals surface area contributed by atoms with Crippen molar-refractivity contribution in [1.82, 2.24) is 9.97 Å². The molecule has 0 aliphatic carbocycles. The fourth-order valence-corrected chi connectivity index (χ4v) is 2.50. The highest BCUT2D eigenvalue weighted by atomic mass is 19.1. The van der Waals surface area contributed by atoms with E-state index in [1.807, 2.05) is 31.2 Å². The topological polar surface area (TPSA) is 49.6 Å². The molecule has 0 saturated carbocycles. The predicted molar refractivity (Wildman–Crippen MR) is 82.3 cm³/mol. The zero-order chi connectivity index (χ0) is 15.5.